The highest BCUT2D eigenvalue weighted by atomic mass is 35.5. The molecular weight excluding hydrogens is 564 g/mol. The predicted molar refractivity (Wildman–Crippen MR) is 166 cm³/mol. The Morgan fingerprint density at radius 3 is 1.56 bits per heavy atom. The topological polar surface area (TPSA) is 84.9 Å². The van der Waals surface area contributed by atoms with E-state index in [-0.39, 0.29) is 32.1 Å². The van der Waals surface area contributed by atoms with Crippen molar-refractivity contribution < 1.29 is 23.9 Å². The SMILES string of the molecule is O=C(N[C@@H](Cc1ccccc1)CN(C(=O)CCl)[C@@H](Cc1ccccc1)C(=O)OCc1ccccc1)OCc1ccccc1. The zero-order chi connectivity index (χ0) is 30.3. The van der Waals surface area contributed by atoms with Gasteiger partial charge in [0.2, 0.25) is 5.91 Å². The first-order valence-corrected chi connectivity index (χ1v) is 14.7. The van der Waals surface area contributed by atoms with Gasteiger partial charge in [-0.1, -0.05) is 121 Å². The first-order valence-electron chi connectivity index (χ1n) is 14.1. The van der Waals surface area contributed by atoms with Gasteiger partial charge < -0.3 is 19.7 Å². The molecule has 4 aromatic carbocycles. The van der Waals surface area contributed by atoms with Crippen molar-refractivity contribution in [1.82, 2.24) is 10.2 Å². The van der Waals surface area contributed by atoms with Crippen LogP contribution in [0.2, 0.25) is 0 Å². The zero-order valence-electron chi connectivity index (χ0n) is 23.8. The lowest BCUT2D eigenvalue weighted by molar-refractivity contribution is -0.156. The lowest BCUT2D eigenvalue weighted by atomic mass is 10.0. The molecule has 0 saturated heterocycles. The molecule has 0 aromatic heterocycles. The van der Waals surface area contributed by atoms with Crippen LogP contribution in [0.5, 0.6) is 0 Å². The summed E-state index contributed by atoms with van der Waals surface area (Å²) in [5, 5.41) is 2.91. The van der Waals surface area contributed by atoms with Crippen LogP contribution >= 0.6 is 11.6 Å². The normalized spacial score (nSPS) is 12.0. The summed E-state index contributed by atoms with van der Waals surface area (Å²) in [6, 6.07) is 36.1. The minimum absolute atomic E-state index is 0.0127. The molecule has 0 fully saturated rings. The summed E-state index contributed by atoms with van der Waals surface area (Å²) < 4.78 is 11.2. The monoisotopic (exact) mass is 598 g/mol. The molecule has 0 heterocycles. The van der Waals surface area contributed by atoms with Gasteiger partial charge in [-0.05, 0) is 28.7 Å². The molecule has 0 saturated carbocycles. The number of alkyl carbamates (subject to hydrolysis) is 1. The van der Waals surface area contributed by atoms with E-state index in [1.54, 1.807) is 0 Å². The number of benzene rings is 4. The van der Waals surface area contributed by atoms with Crippen LogP contribution in [-0.4, -0.2) is 47.4 Å². The fourth-order valence-corrected chi connectivity index (χ4v) is 4.84. The van der Waals surface area contributed by atoms with Gasteiger partial charge in [-0.15, -0.1) is 11.6 Å². The molecule has 4 aromatic rings. The Kier molecular flexibility index (Phi) is 12.2. The summed E-state index contributed by atoms with van der Waals surface area (Å²) in [6.45, 7) is 0.168. The van der Waals surface area contributed by atoms with Crippen LogP contribution in [0.4, 0.5) is 4.79 Å². The summed E-state index contributed by atoms with van der Waals surface area (Å²) in [4.78, 5) is 41.3. The quantitative estimate of drug-likeness (QED) is 0.143. The number of hydrogen-bond acceptors (Lipinski definition) is 5. The van der Waals surface area contributed by atoms with E-state index in [2.05, 4.69) is 5.32 Å². The lowest BCUT2D eigenvalue weighted by Crippen LogP contribution is -2.54. The van der Waals surface area contributed by atoms with E-state index < -0.39 is 30.1 Å². The maximum absolute atomic E-state index is 13.6. The van der Waals surface area contributed by atoms with Crippen LogP contribution in [0.15, 0.2) is 121 Å². The van der Waals surface area contributed by atoms with E-state index in [9.17, 15) is 14.4 Å². The van der Waals surface area contributed by atoms with Crippen molar-refractivity contribution in [2.75, 3.05) is 12.4 Å². The van der Waals surface area contributed by atoms with E-state index in [1.807, 2.05) is 121 Å². The van der Waals surface area contributed by atoms with Gasteiger partial charge in [0.15, 0.2) is 0 Å². The van der Waals surface area contributed by atoms with E-state index in [0.29, 0.717) is 6.42 Å². The smallest absolute Gasteiger partial charge is 0.407 e. The molecule has 8 heteroatoms. The van der Waals surface area contributed by atoms with Crippen molar-refractivity contribution in [3.8, 4) is 0 Å². The minimum atomic E-state index is -0.974. The average molecular weight is 599 g/mol. The molecule has 7 nitrogen and oxygen atoms in total. The lowest BCUT2D eigenvalue weighted by Gasteiger charge is -2.33. The number of nitrogens with one attached hydrogen (secondary N) is 1. The predicted octanol–water partition coefficient (Wildman–Crippen LogP) is 5.95. The van der Waals surface area contributed by atoms with Crippen molar-refractivity contribution in [3.63, 3.8) is 0 Å². The second-order valence-electron chi connectivity index (χ2n) is 10.1. The second kappa shape index (κ2) is 16.7. The maximum atomic E-state index is 13.6. The van der Waals surface area contributed by atoms with Crippen molar-refractivity contribution >= 4 is 29.6 Å². The van der Waals surface area contributed by atoms with Crippen LogP contribution in [-0.2, 0) is 45.1 Å². The third-order valence-corrected chi connectivity index (χ3v) is 7.08. The van der Waals surface area contributed by atoms with Crippen LogP contribution in [0.3, 0.4) is 0 Å². The van der Waals surface area contributed by atoms with Gasteiger partial charge in [-0.3, -0.25) is 4.79 Å². The van der Waals surface area contributed by atoms with Crippen molar-refractivity contribution in [2.24, 2.45) is 0 Å². The fourth-order valence-electron chi connectivity index (χ4n) is 4.69. The van der Waals surface area contributed by atoms with E-state index in [4.69, 9.17) is 21.1 Å². The molecule has 0 aliphatic rings. The first-order chi connectivity index (χ1) is 21.0. The first kappa shape index (κ1) is 31.3. The van der Waals surface area contributed by atoms with E-state index in [1.165, 1.54) is 4.90 Å². The Hall–Kier alpha value is -4.62. The molecule has 222 valence electrons. The Labute approximate surface area is 257 Å². The highest BCUT2D eigenvalue weighted by Gasteiger charge is 2.33. The fraction of sp³-hybridized carbons (Fsp3) is 0.229. The number of alkyl halides is 1. The van der Waals surface area contributed by atoms with Gasteiger partial charge in [0.1, 0.15) is 25.1 Å². The van der Waals surface area contributed by atoms with Crippen LogP contribution in [0.1, 0.15) is 22.3 Å². The summed E-state index contributed by atoms with van der Waals surface area (Å²) in [5.74, 6) is -1.35. The molecular formula is C35H35ClN2O5. The number of carbonyl (C=O) groups is 3. The van der Waals surface area contributed by atoms with Crippen molar-refractivity contribution in [3.05, 3.63) is 144 Å². The number of hydrogen-bond donors (Lipinski definition) is 1. The maximum Gasteiger partial charge on any atom is 0.407 e. The number of nitrogens with zero attached hydrogens (tertiary/aromatic N) is 1. The van der Waals surface area contributed by atoms with Gasteiger partial charge in [-0.2, -0.15) is 0 Å². The van der Waals surface area contributed by atoms with Crippen LogP contribution in [0.25, 0.3) is 0 Å². The number of rotatable bonds is 14. The summed E-state index contributed by atoms with van der Waals surface area (Å²) >= 11 is 6.08. The molecule has 0 radical (unpaired) electrons. The molecule has 0 unspecified atom stereocenters. The summed E-state index contributed by atoms with van der Waals surface area (Å²) in [6.07, 6.45) is -0.0211. The Morgan fingerprint density at radius 1 is 0.628 bits per heavy atom. The van der Waals surface area contributed by atoms with Crippen LogP contribution < -0.4 is 5.32 Å². The molecule has 1 N–H and O–H groups in total. The highest BCUT2D eigenvalue weighted by molar-refractivity contribution is 6.27. The molecule has 0 spiro atoms. The molecule has 0 aliphatic heterocycles. The Morgan fingerprint density at radius 2 is 1.07 bits per heavy atom. The summed E-state index contributed by atoms with van der Waals surface area (Å²) in [5.41, 5.74) is 3.47. The van der Waals surface area contributed by atoms with E-state index in [0.717, 1.165) is 22.3 Å². The van der Waals surface area contributed by atoms with Gasteiger partial charge in [0, 0.05) is 13.0 Å². The third kappa shape index (κ3) is 10.3. The van der Waals surface area contributed by atoms with Gasteiger partial charge in [0.05, 0.1) is 6.04 Å². The number of esters is 1. The van der Waals surface area contributed by atoms with Gasteiger partial charge >= 0.3 is 12.1 Å². The summed E-state index contributed by atoms with van der Waals surface area (Å²) in [7, 11) is 0. The standard InChI is InChI=1S/C35H35ClN2O5/c36-23-33(39)38(32(22-28-15-7-2-8-16-28)34(40)42-25-29-17-9-3-10-18-29)24-31(21-27-13-5-1-6-14-27)37-35(41)43-26-30-19-11-4-12-20-30/h1-20,31-32H,21-26H2,(H,37,41)/t31-,32-/m0/s1. The zero-order valence-corrected chi connectivity index (χ0v) is 24.6. The highest BCUT2D eigenvalue weighted by Crippen LogP contribution is 2.16. The van der Waals surface area contributed by atoms with Crippen LogP contribution in [0, 0.1) is 0 Å². The number of halogens is 1. The van der Waals surface area contributed by atoms with Crippen molar-refractivity contribution in [1.29, 1.82) is 0 Å². The molecule has 43 heavy (non-hydrogen) atoms. The molecule has 2 atom stereocenters. The van der Waals surface area contributed by atoms with Crippen molar-refractivity contribution in [2.45, 2.75) is 38.1 Å². The molecule has 4 rings (SSSR count). The third-order valence-electron chi connectivity index (χ3n) is 6.86. The molecule has 0 bridgehead atoms. The van der Waals surface area contributed by atoms with Gasteiger partial charge in [0.25, 0.3) is 0 Å². The Balaban J connectivity index is 1.57. The molecule has 2 amide bonds. The Bertz CT molecular complexity index is 1420. The number of ether oxygens (including phenoxy) is 2. The number of carbonyl (C=O) groups excluding carboxylic acids is 3. The second-order valence-corrected chi connectivity index (χ2v) is 10.3. The number of amides is 2. The molecule has 0 aliphatic carbocycles. The minimum Gasteiger partial charge on any atom is -0.459 e. The van der Waals surface area contributed by atoms with Gasteiger partial charge in [-0.25, -0.2) is 9.59 Å². The van der Waals surface area contributed by atoms with E-state index >= 15 is 0 Å². The average Bonchev–Trinajstić information content (AvgIpc) is 3.05. The largest absolute Gasteiger partial charge is 0.459 e.